The van der Waals surface area contributed by atoms with Crippen molar-refractivity contribution in [1.82, 2.24) is 9.97 Å². The zero-order valence-electron chi connectivity index (χ0n) is 9.05. The fourth-order valence-corrected chi connectivity index (χ4v) is 2.50. The number of nitrogens with zero attached hydrogens (tertiary/aromatic N) is 1. The average molecular weight is 241 g/mol. The van der Waals surface area contributed by atoms with Crippen LogP contribution in [0.15, 0.2) is 58.6 Å². The molecule has 0 spiro atoms. The number of rotatable bonds is 2. The number of H-pyrrole nitrogens is 1. The third-order valence-electron chi connectivity index (χ3n) is 2.49. The van der Waals surface area contributed by atoms with Crippen molar-refractivity contribution in [2.75, 3.05) is 5.73 Å². The fraction of sp³-hybridized carbons (Fsp3) is 0. The minimum atomic E-state index is 0.776. The van der Waals surface area contributed by atoms with E-state index in [0.29, 0.717) is 0 Å². The molecule has 0 saturated carbocycles. The van der Waals surface area contributed by atoms with Crippen LogP contribution in [0, 0.1) is 0 Å². The summed E-state index contributed by atoms with van der Waals surface area (Å²) in [7, 11) is 0. The summed E-state index contributed by atoms with van der Waals surface area (Å²) < 4.78 is 0. The van der Waals surface area contributed by atoms with Crippen LogP contribution < -0.4 is 5.73 Å². The van der Waals surface area contributed by atoms with E-state index in [9.17, 15) is 0 Å². The summed E-state index contributed by atoms with van der Waals surface area (Å²) in [5, 5.41) is 0.865. The van der Waals surface area contributed by atoms with Gasteiger partial charge in [0.2, 0.25) is 0 Å². The fourth-order valence-electron chi connectivity index (χ4n) is 1.66. The van der Waals surface area contributed by atoms with E-state index in [-0.39, 0.29) is 0 Å². The van der Waals surface area contributed by atoms with Gasteiger partial charge in [-0.3, -0.25) is 0 Å². The van der Waals surface area contributed by atoms with Crippen LogP contribution in [-0.2, 0) is 0 Å². The molecule has 0 aliphatic heterocycles. The Balaban J connectivity index is 1.98. The van der Waals surface area contributed by atoms with E-state index in [1.165, 1.54) is 0 Å². The standard InChI is InChI=1S/C13H11N3S/c14-9-5-1-4-8-12(9)17-13-15-10-6-2-3-7-11(10)16-13/h1-8H,14H2,(H,15,16). The third-order valence-corrected chi connectivity index (χ3v) is 3.47. The Kier molecular flexibility index (Phi) is 2.49. The van der Waals surface area contributed by atoms with E-state index in [2.05, 4.69) is 9.97 Å². The zero-order chi connectivity index (χ0) is 11.7. The Morgan fingerprint density at radius 1 is 1.00 bits per heavy atom. The number of nitrogens with two attached hydrogens (primary N) is 1. The third kappa shape index (κ3) is 1.99. The summed E-state index contributed by atoms with van der Waals surface area (Å²) in [6.07, 6.45) is 0. The van der Waals surface area contributed by atoms with Gasteiger partial charge in [-0.2, -0.15) is 0 Å². The van der Waals surface area contributed by atoms with Gasteiger partial charge in [-0.25, -0.2) is 4.98 Å². The lowest BCUT2D eigenvalue weighted by Crippen LogP contribution is -1.87. The van der Waals surface area contributed by atoms with Crippen molar-refractivity contribution in [3.63, 3.8) is 0 Å². The van der Waals surface area contributed by atoms with Gasteiger partial charge in [0, 0.05) is 10.6 Å². The Morgan fingerprint density at radius 3 is 2.59 bits per heavy atom. The molecule has 17 heavy (non-hydrogen) atoms. The number of aromatic nitrogens is 2. The number of hydrogen-bond acceptors (Lipinski definition) is 3. The lowest BCUT2D eigenvalue weighted by atomic mass is 10.3. The van der Waals surface area contributed by atoms with Gasteiger partial charge in [-0.1, -0.05) is 24.3 Å². The van der Waals surface area contributed by atoms with E-state index in [4.69, 9.17) is 5.73 Å². The average Bonchev–Trinajstić information content (AvgIpc) is 2.74. The van der Waals surface area contributed by atoms with E-state index in [1.54, 1.807) is 11.8 Å². The van der Waals surface area contributed by atoms with Crippen LogP contribution in [0.3, 0.4) is 0 Å². The first-order chi connectivity index (χ1) is 8.33. The van der Waals surface area contributed by atoms with Crippen LogP contribution in [0.2, 0.25) is 0 Å². The second-order valence-corrected chi connectivity index (χ2v) is 4.73. The number of para-hydroxylation sites is 3. The van der Waals surface area contributed by atoms with E-state index in [1.807, 2.05) is 48.5 Å². The first-order valence-corrected chi connectivity index (χ1v) is 6.12. The molecule has 0 atom stereocenters. The van der Waals surface area contributed by atoms with Crippen LogP contribution in [0.5, 0.6) is 0 Å². The van der Waals surface area contributed by atoms with E-state index < -0.39 is 0 Å². The lowest BCUT2D eigenvalue weighted by Gasteiger charge is -2.01. The predicted octanol–water partition coefficient (Wildman–Crippen LogP) is 3.30. The molecule has 0 bridgehead atoms. The molecule has 4 heteroatoms. The minimum absolute atomic E-state index is 0.776. The number of anilines is 1. The summed E-state index contributed by atoms with van der Waals surface area (Å²) >= 11 is 1.55. The number of benzene rings is 2. The van der Waals surface area contributed by atoms with Gasteiger partial charge >= 0.3 is 0 Å². The molecule has 3 aromatic rings. The maximum absolute atomic E-state index is 5.90. The van der Waals surface area contributed by atoms with Crippen LogP contribution in [-0.4, -0.2) is 9.97 Å². The second-order valence-electron chi connectivity index (χ2n) is 3.70. The van der Waals surface area contributed by atoms with Crippen molar-refractivity contribution in [2.45, 2.75) is 10.1 Å². The van der Waals surface area contributed by atoms with Gasteiger partial charge < -0.3 is 10.7 Å². The normalized spacial score (nSPS) is 10.8. The van der Waals surface area contributed by atoms with Crippen LogP contribution in [0.4, 0.5) is 5.69 Å². The Labute approximate surface area is 103 Å². The van der Waals surface area contributed by atoms with Gasteiger partial charge in [0.25, 0.3) is 0 Å². The predicted molar refractivity (Wildman–Crippen MR) is 71.1 cm³/mol. The lowest BCUT2D eigenvalue weighted by molar-refractivity contribution is 1.08. The maximum Gasteiger partial charge on any atom is 0.171 e. The van der Waals surface area contributed by atoms with Gasteiger partial charge in [0.1, 0.15) is 0 Å². The first-order valence-electron chi connectivity index (χ1n) is 5.30. The first kappa shape index (κ1) is 10.2. The molecule has 0 fully saturated rings. The number of fused-ring (bicyclic) bond motifs is 1. The second kappa shape index (κ2) is 4.14. The van der Waals surface area contributed by atoms with Crippen LogP contribution >= 0.6 is 11.8 Å². The number of nitrogen functional groups attached to an aromatic ring is 1. The number of aromatic amines is 1. The molecule has 0 radical (unpaired) electrons. The molecule has 0 unspecified atom stereocenters. The molecule has 3 N–H and O–H groups in total. The summed E-state index contributed by atoms with van der Waals surface area (Å²) in [5.41, 5.74) is 8.70. The van der Waals surface area contributed by atoms with E-state index in [0.717, 1.165) is 26.8 Å². The Hall–Kier alpha value is -1.94. The van der Waals surface area contributed by atoms with Crippen molar-refractivity contribution in [1.29, 1.82) is 0 Å². The monoisotopic (exact) mass is 241 g/mol. The van der Waals surface area contributed by atoms with Crippen LogP contribution in [0.25, 0.3) is 11.0 Å². The van der Waals surface area contributed by atoms with Gasteiger partial charge in [0.05, 0.1) is 11.0 Å². The SMILES string of the molecule is Nc1ccccc1Sc1nc2ccccc2[nH]1. The van der Waals surface area contributed by atoms with Crippen molar-refractivity contribution in [2.24, 2.45) is 0 Å². The van der Waals surface area contributed by atoms with Crippen molar-refractivity contribution < 1.29 is 0 Å². The summed E-state index contributed by atoms with van der Waals surface area (Å²) in [6, 6.07) is 15.8. The van der Waals surface area contributed by atoms with Crippen molar-refractivity contribution in [3.05, 3.63) is 48.5 Å². The maximum atomic E-state index is 5.90. The highest BCUT2D eigenvalue weighted by molar-refractivity contribution is 7.99. The van der Waals surface area contributed by atoms with Gasteiger partial charge in [-0.05, 0) is 36.0 Å². The zero-order valence-corrected chi connectivity index (χ0v) is 9.87. The molecular formula is C13H11N3S. The Morgan fingerprint density at radius 2 is 1.76 bits per heavy atom. The number of hydrogen-bond donors (Lipinski definition) is 2. The minimum Gasteiger partial charge on any atom is -0.398 e. The Bertz CT molecular complexity index is 627. The molecule has 84 valence electrons. The molecule has 1 heterocycles. The summed E-state index contributed by atoms with van der Waals surface area (Å²) in [6.45, 7) is 0. The van der Waals surface area contributed by atoms with E-state index >= 15 is 0 Å². The van der Waals surface area contributed by atoms with Crippen molar-refractivity contribution in [3.8, 4) is 0 Å². The molecule has 3 rings (SSSR count). The molecule has 0 saturated heterocycles. The topological polar surface area (TPSA) is 54.7 Å². The molecule has 2 aromatic carbocycles. The summed E-state index contributed by atoms with van der Waals surface area (Å²) in [5.74, 6) is 0. The number of nitrogens with one attached hydrogen (secondary N) is 1. The molecular weight excluding hydrogens is 230 g/mol. The largest absolute Gasteiger partial charge is 0.398 e. The van der Waals surface area contributed by atoms with Crippen molar-refractivity contribution >= 4 is 28.5 Å². The van der Waals surface area contributed by atoms with Gasteiger partial charge in [-0.15, -0.1) is 0 Å². The van der Waals surface area contributed by atoms with Gasteiger partial charge in [0.15, 0.2) is 5.16 Å². The highest BCUT2D eigenvalue weighted by atomic mass is 32.2. The molecule has 1 aromatic heterocycles. The molecule has 0 amide bonds. The highest BCUT2D eigenvalue weighted by Crippen LogP contribution is 2.30. The molecule has 0 aliphatic carbocycles. The highest BCUT2D eigenvalue weighted by Gasteiger charge is 2.05. The molecule has 0 aliphatic rings. The number of imidazole rings is 1. The smallest absolute Gasteiger partial charge is 0.171 e. The quantitative estimate of drug-likeness (QED) is 0.677. The molecule has 3 nitrogen and oxygen atoms in total. The van der Waals surface area contributed by atoms with Crippen LogP contribution in [0.1, 0.15) is 0 Å². The summed E-state index contributed by atoms with van der Waals surface area (Å²) in [4.78, 5) is 8.79.